The Morgan fingerprint density at radius 1 is 1.08 bits per heavy atom. The Morgan fingerprint density at radius 3 is 2.27 bits per heavy atom. The quantitative estimate of drug-likeness (QED) is 0.786. The Labute approximate surface area is 155 Å². The number of benzene rings is 1. The number of likely N-dealkylation sites (tertiary alicyclic amines) is 1. The van der Waals surface area contributed by atoms with Gasteiger partial charge in [-0.05, 0) is 58.1 Å². The fourth-order valence-electron chi connectivity index (χ4n) is 3.94. The fourth-order valence-corrected chi connectivity index (χ4v) is 3.94. The van der Waals surface area contributed by atoms with Gasteiger partial charge in [0.2, 0.25) is 5.91 Å². The van der Waals surface area contributed by atoms with Crippen LogP contribution in [0.5, 0.6) is 0 Å². The lowest BCUT2D eigenvalue weighted by molar-refractivity contribution is -0.147. The van der Waals surface area contributed by atoms with Crippen molar-refractivity contribution in [3.8, 4) is 0 Å². The summed E-state index contributed by atoms with van der Waals surface area (Å²) in [5, 5.41) is 9.19. The Bertz CT molecular complexity index is 687. The largest absolute Gasteiger partial charge is 0.481 e. The maximum Gasteiger partial charge on any atom is 0.308 e. The molecule has 1 fully saturated rings. The van der Waals surface area contributed by atoms with Crippen LogP contribution in [0, 0.1) is 26.7 Å². The number of aliphatic carboxylic acids is 1. The Kier molecular flexibility index (Phi) is 6.57. The molecule has 1 saturated heterocycles. The number of aryl methyl sites for hydroxylation is 3. The van der Waals surface area contributed by atoms with Crippen LogP contribution in [0.2, 0.25) is 0 Å². The van der Waals surface area contributed by atoms with Gasteiger partial charge in [-0.15, -0.1) is 0 Å². The summed E-state index contributed by atoms with van der Waals surface area (Å²) >= 11 is 0. The van der Waals surface area contributed by atoms with Crippen molar-refractivity contribution in [3.63, 3.8) is 0 Å². The third-order valence-electron chi connectivity index (χ3n) is 5.30. The van der Waals surface area contributed by atoms with Crippen molar-refractivity contribution in [1.29, 1.82) is 0 Å². The summed E-state index contributed by atoms with van der Waals surface area (Å²) in [6, 6.07) is 4.08. The van der Waals surface area contributed by atoms with Crippen LogP contribution in [-0.4, -0.2) is 40.3 Å². The molecule has 1 aromatic rings. The highest BCUT2D eigenvalue weighted by atomic mass is 16.4. The minimum atomic E-state index is -0.838. The molecule has 142 valence electrons. The topological polar surface area (TPSA) is 74.7 Å². The standard InChI is InChI=1S/C21H29NO4/c1-13-10-14(2)20(15(3)11-13)18(23)6-5-7-19(24)22-12-17(21(25)26)9-8-16(22)4/h10-11,16-17H,5-9,12H2,1-4H3,(H,25,26). The van der Waals surface area contributed by atoms with Crippen molar-refractivity contribution >= 4 is 17.7 Å². The van der Waals surface area contributed by atoms with E-state index >= 15 is 0 Å². The van der Waals surface area contributed by atoms with Crippen LogP contribution in [-0.2, 0) is 9.59 Å². The fraction of sp³-hybridized carbons (Fsp3) is 0.571. The maximum atomic E-state index is 12.6. The van der Waals surface area contributed by atoms with Gasteiger partial charge in [-0.1, -0.05) is 17.7 Å². The highest BCUT2D eigenvalue weighted by Crippen LogP contribution is 2.24. The molecule has 0 aliphatic carbocycles. The van der Waals surface area contributed by atoms with Crippen LogP contribution in [0.1, 0.15) is 66.1 Å². The lowest BCUT2D eigenvalue weighted by atomic mass is 9.92. The van der Waals surface area contributed by atoms with Crippen LogP contribution in [0.3, 0.4) is 0 Å². The number of rotatable bonds is 6. The van der Waals surface area contributed by atoms with Crippen LogP contribution in [0.15, 0.2) is 12.1 Å². The zero-order valence-electron chi connectivity index (χ0n) is 16.2. The molecule has 1 aliphatic heterocycles. The van der Waals surface area contributed by atoms with Gasteiger partial charge >= 0.3 is 5.97 Å². The summed E-state index contributed by atoms with van der Waals surface area (Å²) in [6.07, 6.45) is 2.44. The number of hydrogen-bond donors (Lipinski definition) is 1. The molecule has 0 saturated carbocycles. The van der Waals surface area contributed by atoms with Crippen molar-refractivity contribution in [2.24, 2.45) is 5.92 Å². The van der Waals surface area contributed by atoms with E-state index in [0.717, 1.165) is 22.3 Å². The first-order valence-corrected chi connectivity index (χ1v) is 9.34. The van der Waals surface area contributed by atoms with Gasteiger partial charge in [0.25, 0.3) is 0 Å². The third kappa shape index (κ3) is 4.71. The van der Waals surface area contributed by atoms with Gasteiger partial charge < -0.3 is 10.0 Å². The number of amides is 1. The zero-order chi connectivity index (χ0) is 19.4. The van der Waals surface area contributed by atoms with Crippen molar-refractivity contribution < 1.29 is 19.5 Å². The number of nitrogens with zero attached hydrogens (tertiary/aromatic N) is 1. The predicted octanol–water partition coefficient (Wildman–Crippen LogP) is 3.68. The van der Waals surface area contributed by atoms with Crippen molar-refractivity contribution in [1.82, 2.24) is 4.90 Å². The molecular weight excluding hydrogens is 330 g/mol. The number of carbonyl (C=O) groups excluding carboxylic acids is 2. The second-order valence-corrected chi connectivity index (χ2v) is 7.56. The smallest absolute Gasteiger partial charge is 0.308 e. The lowest BCUT2D eigenvalue weighted by Crippen LogP contribution is -2.47. The van der Waals surface area contributed by atoms with E-state index in [9.17, 15) is 19.5 Å². The van der Waals surface area contributed by atoms with Gasteiger partial charge in [0.1, 0.15) is 0 Å². The monoisotopic (exact) mass is 359 g/mol. The molecule has 2 atom stereocenters. The van der Waals surface area contributed by atoms with E-state index in [4.69, 9.17) is 0 Å². The van der Waals surface area contributed by atoms with Gasteiger partial charge in [-0.3, -0.25) is 14.4 Å². The lowest BCUT2D eigenvalue weighted by Gasteiger charge is -2.36. The highest BCUT2D eigenvalue weighted by Gasteiger charge is 2.32. The van der Waals surface area contributed by atoms with Gasteiger partial charge in [-0.25, -0.2) is 0 Å². The predicted molar refractivity (Wildman–Crippen MR) is 100 cm³/mol. The van der Waals surface area contributed by atoms with E-state index in [-0.39, 0.29) is 30.7 Å². The van der Waals surface area contributed by atoms with E-state index in [2.05, 4.69) is 0 Å². The molecule has 0 bridgehead atoms. The number of piperidine rings is 1. The second-order valence-electron chi connectivity index (χ2n) is 7.56. The first-order valence-electron chi connectivity index (χ1n) is 9.34. The Balaban J connectivity index is 1.92. The van der Waals surface area contributed by atoms with Crippen molar-refractivity contribution in [2.75, 3.05) is 6.54 Å². The average molecular weight is 359 g/mol. The minimum absolute atomic E-state index is 0.0476. The molecule has 0 spiro atoms. The number of hydrogen-bond acceptors (Lipinski definition) is 3. The van der Waals surface area contributed by atoms with Gasteiger partial charge in [0.05, 0.1) is 5.92 Å². The average Bonchev–Trinajstić information content (AvgIpc) is 2.53. The van der Waals surface area contributed by atoms with Gasteiger partial charge in [0.15, 0.2) is 5.78 Å². The number of carboxylic acids is 1. The molecule has 2 unspecified atom stereocenters. The first-order chi connectivity index (χ1) is 12.2. The molecule has 2 rings (SSSR count). The molecule has 1 aromatic carbocycles. The molecule has 5 heteroatoms. The number of carbonyl (C=O) groups is 3. The minimum Gasteiger partial charge on any atom is -0.481 e. The van der Waals surface area contributed by atoms with Gasteiger partial charge in [0, 0.05) is 31.0 Å². The van der Waals surface area contributed by atoms with Gasteiger partial charge in [-0.2, -0.15) is 0 Å². The summed E-state index contributed by atoms with van der Waals surface area (Å²) in [5.74, 6) is -1.29. The van der Waals surface area contributed by atoms with Crippen molar-refractivity contribution in [2.45, 2.75) is 65.8 Å². The molecular formula is C21H29NO4. The summed E-state index contributed by atoms with van der Waals surface area (Å²) in [6.45, 7) is 8.14. The summed E-state index contributed by atoms with van der Waals surface area (Å²) in [5.41, 5.74) is 3.86. The normalized spacial score (nSPS) is 20.1. The number of carboxylic acid groups (broad SMARTS) is 1. The molecule has 1 heterocycles. The van der Waals surface area contributed by atoms with E-state index in [1.807, 2.05) is 39.8 Å². The first kappa shape index (κ1) is 20.1. The highest BCUT2D eigenvalue weighted by molar-refractivity contribution is 5.99. The van der Waals surface area contributed by atoms with Crippen LogP contribution >= 0.6 is 0 Å². The Morgan fingerprint density at radius 2 is 1.69 bits per heavy atom. The number of Topliss-reactive ketones (excluding diaryl/α,β-unsaturated/α-hetero) is 1. The van der Waals surface area contributed by atoms with Crippen LogP contribution in [0.25, 0.3) is 0 Å². The Hall–Kier alpha value is -2.17. The molecule has 26 heavy (non-hydrogen) atoms. The van der Waals surface area contributed by atoms with Crippen molar-refractivity contribution in [3.05, 3.63) is 34.4 Å². The molecule has 0 radical (unpaired) electrons. The van der Waals surface area contributed by atoms with E-state index in [1.165, 1.54) is 0 Å². The van der Waals surface area contributed by atoms with E-state index < -0.39 is 11.9 Å². The van der Waals surface area contributed by atoms with Crippen LogP contribution in [0.4, 0.5) is 0 Å². The second kappa shape index (κ2) is 8.47. The van der Waals surface area contributed by atoms with E-state index in [0.29, 0.717) is 25.7 Å². The summed E-state index contributed by atoms with van der Waals surface area (Å²) in [4.78, 5) is 37.9. The molecule has 0 aromatic heterocycles. The summed E-state index contributed by atoms with van der Waals surface area (Å²) in [7, 11) is 0. The molecule has 1 aliphatic rings. The molecule has 1 N–H and O–H groups in total. The third-order valence-corrected chi connectivity index (χ3v) is 5.30. The maximum absolute atomic E-state index is 12.6. The molecule has 5 nitrogen and oxygen atoms in total. The SMILES string of the molecule is Cc1cc(C)c(C(=O)CCCC(=O)N2CC(C(=O)O)CCC2C)c(C)c1. The van der Waals surface area contributed by atoms with E-state index in [1.54, 1.807) is 4.90 Å². The van der Waals surface area contributed by atoms with Crippen LogP contribution < -0.4 is 0 Å². The summed E-state index contributed by atoms with van der Waals surface area (Å²) < 4.78 is 0. The zero-order valence-corrected chi connectivity index (χ0v) is 16.2. The molecule has 1 amide bonds. The number of ketones is 1.